The van der Waals surface area contributed by atoms with Crippen LogP contribution < -0.4 is 5.32 Å². The number of phosphoric ester groups is 1. The summed E-state index contributed by atoms with van der Waals surface area (Å²) in [6, 6.07) is 0. The lowest BCUT2D eigenvalue weighted by Gasteiger charge is -2.36. The minimum atomic E-state index is -5.72. The van der Waals surface area contributed by atoms with E-state index >= 15 is 0 Å². The van der Waals surface area contributed by atoms with Gasteiger partial charge in [-0.05, 0) is 6.92 Å². The minimum Gasteiger partial charge on any atom is -0.388 e. The Bertz CT molecular complexity index is 846. The second-order valence-corrected chi connectivity index (χ2v) is 10.6. The van der Waals surface area contributed by atoms with Gasteiger partial charge < -0.3 is 49.5 Å². The predicted molar refractivity (Wildman–Crippen MR) is 94.8 cm³/mol. The van der Waals surface area contributed by atoms with Crippen LogP contribution in [0, 0.1) is 0 Å². The smallest absolute Gasteiger partial charge is 0.388 e. The van der Waals surface area contributed by atoms with Crippen molar-refractivity contribution >= 4 is 29.4 Å². The van der Waals surface area contributed by atoms with Gasteiger partial charge in [0.15, 0.2) is 12.0 Å². The average Bonchev–Trinajstić information content (AvgIpc) is 2.87. The number of ether oxygens (including phenoxy) is 2. The number of aliphatic hydroxyl groups is 2. The summed E-state index contributed by atoms with van der Waals surface area (Å²) in [5, 5.41) is 22.4. The van der Waals surface area contributed by atoms with Crippen molar-refractivity contribution in [3.63, 3.8) is 0 Å². The number of hydrogen-bond acceptors (Lipinski definition) is 12. The van der Waals surface area contributed by atoms with Crippen LogP contribution in [0.4, 0.5) is 0 Å². The van der Waals surface area contributed by atoms with Crippen LogP contribution in [0.5, 0.6) is 0 Å². The Hall–Kier alpha value is -0.740. The maximum atomic E-state index is 11.9. The highest BCUT2D eigenvalue weighted by Crippen LogP contribution is 2.66. The third-order valence-corrected chi connectivity index (χ3v) is 7.48. The predicted octanol–water partition coefficient (Wildman–Crippen LogP) is -1.61. The summed E-state index contributed by atoms with van der Waals surface area (Å²) in [4.78, 5) is 48.1. The van der Waals surface area contributed by atoms with Crippen LogP contribution in [-0.4, -0.2) is 78.3 Å². The Morgan fingerprint density at radius 1 is 1.19 bits per heavy atom. The van der Waals surface area contributed by atoms with Gasteiger partial charge >= 0.3 is 23.5 Å². The second-order valence-electron chi connectivity index (χ2n) is 6.13. The van der Waals surface area contributed by atoms with Crippen molar-refractivity contribution in [2.24, 2.45) is 0 Å². The molecule has 0 bridgehead atoms. The van der Waals surface area contributed by atoms with Crippen LogP contribution in [0.15, 0.2) is 12.3 Å². The quantitative estimate of drug-likeness (QED) is 0.162. The molecule has 2 rings (SSSR count). The summed E-state index contributed by atoms with van der Waals surface area (Å²) >= 11 is 0. The normalized spacial score (nSPS) is 33.1. The summed E-state index contributed by atoms with van der Waals surface area (Å²) in [5.41, 5.74) is 0. The topological polar surface area (TPSA) is 251 Å². The molecular formula is C11H21N2O15P3. The zero-order chi connectivity index (χ0) is 23.7. The fourth-order valence-electron chi connectivity index (χ4n) is 2.71. The minimum absolute atomic E-state index is 0.0612. The third-order valence-electron chi connectivity index (χ3n) is 3.70. The zero-order valence-corrected chi connectivity index (χ0v) is 18.3. The molecule has 0 aromatic rings. The van der Waals surface area contributed by atoms with Crippen LogP contribution >= 0.6 is 23.5 Å². The van der Waals surface area contributed by atoms with Gasteiger partial charge in [0.1, 0.15) is 12.7 Å². The number of carbonyl (C=O) groups excluding carboxylic acids is 1. The van der Waals surface area contributed by atoms with Crippen LogP contribution in [-0.2, 0) is 41.1 Å². The van der Waals surface area contributed by atoms with Gasteiger partial charge in [0.05, 0.1) is 0 Å². The molecule has 0 radical (unpaired) electrons. The molecule has 31 heavy (non-hydrogen) atoms. The van der Waals surface area contributed by atoms with Crippen molar-refractivity contribution in [3.05, 3.63) is 12.3 Å². The number of amides is 1. The summed E-state index contributed by atoms with van der Waals surface area (Å²) in [5.74, 6) is -2.53. The maximum Gasteiger partial charge on any atom is 0.490 e. The van der Waals surface area contributed by atoms with E-state index in [-0.39, 0.29) is 13.0 Å². The maximum absolute atomic E-state index is 11.9. The average molecular weight is 514 g/mol. The lowest BCUT2D eigenvalue weighted by atomic mass is 10.1. The molecule has 1 amide bonds. The largest absolute Gasteiger partial charge is 0.490 e. The molecule has 7 N–H and O–H groups in total. The lowest BCUT2D eigenvalue weighted by molar-refractivity contribution is -0.266. The van der Waals surface area contributed by atoms with Crippen molar-refractivity contribution < 1.29 is 70.9 Å². The molecule has 2 aliphatic rings. The van der Waals surface area contributed by atoms with E-state index in [1.807, 2.05) is 0 Å². The first-order valence-corrected chi connectivity index (χ1v) is 12.8. The number of rotatable bonds is 10. The molecule has 2 heterocycles. The molecule has 0 spiro atoms. The fraction of sp³-hybridized carbons (Fsp3) is 0.727. The Labute approximate surface area is 174 Å². The van der Waals surface area contributed by atoms with E-state index in [0.717, 1.165) is 17.2 Å². The highest BCUT2D eigenvalue weighted by molar-refractivity contribution is 7.66. The molecule has 0 saturated carbocycles. The summed E-state index contributed by atoms with van der Waals surface area (Å²) in [6.45, 7) is 0.470. The Balaban J connectivity index is 2.11. The van der Waals surface area contributed by atoms with Crippen molar-refractivity contribution in [2.75, 3.05) is 13.2 Å². The van der Waals surface area contributed by atoms with Gasteiger partial charge in [0.2, 0.25) is 12.3 Å². The van der Waals surface area contributed by atoms with Gasteiger partial charge in [-0.2, -0.15) is 8.62 Å². The van der Waals surface area contributed by atoms with E-state index in [1.54, 1.807) is 0 Å². The molecule has 1 fully saturated rings. The van der Waals surface area contributed by atoms with Crippen molar-refractivity contribution in [1.29, 1.82) is 0 Å². The van der Waals surface area contributed by atoms with E-state index < -0.39 is 60.5 Å². The van der Waals surface area contributed by atoms with Crippen molar-refractivity contribution in [3.8, 4) is 0 Å². The SMILES string of the molecule is CCOC1(COP(=O)(O)OP(=O)(O)OP(=O)(O)O)CC(O)C(N2C=CC(=O)NC2O)O1. The number of aliphatic hydroxyl groups excluding tert-OH is 2. The molecule has 180 valence electrons. The zero-order valence-electron chi connectivity index (χ0n) is 15.7. The van der Waals surface area contributed by atoms with Gasteiger partial charge in [-0.1, -0.05) is 0 Å². The molecule has 20 heteroatoms. The molecule has 6 unspecified atom stereocenters. The molecule has 6 atom stereocenters. The summed E-state index contributed by atoms with van der Waals surface area (Å²) in [7, 11) is -16.7. The van der Waals surface area contributed by atoms with E-state index in [9.17, 15) is 38.5 Å². The van der Waals surface area contributed by atoms with Gasteiger partial charge in [-0.15, -0.1) is 0 Å². The van der Waals surface area contributed by atoms with Gasteiger partial charge in [-0.3, -0.25) is 9.32 Å². The molecule has 2 aliphatic heterocycles. The first-order valence-electron chi connectivity index (χ1n) is 8.29. The second kappa shape index (κ2) is 9.63. The van der Waals surface area contributed by atoms with E-state index in [2.05, 4.69) is 18.5 Å². The molecule has 17 nitrogen and oxygen atoms in total. The standard InChI is InChI=1S/C11H21N2O15P3/c1-2-24-11(6-25-30(20,21)28-31(22,23)27-29(17,18)19)5-7(14)9(26-11)13-4-3-8(15)12-10(13)16/h3-4,7,9-10,14,16H,2,5-6H2,1H3,(H,12,15)(H,20,21)(H,22,23)(H2,17,18,19). The van der Waals surface area contributed by atoms with Gasteiger partial charge in [0.25, 0.3) is 0 Å². The van der Waals surface area contributed by atoms with Crippen molar-refractivity contribution in [1.82, 2.24) is 10.2 Å². The molecule has 0 aromatic heterocycles. The van der Waals surface area contributed by atoms with Crippen LogP contribution in [0.25, 0.3) is 0 Å². The van der Waals surface area contributed by atoms with Crippen LogP contribution in [0.2, 0.25) is 0 Å². The fourth-order valence-corrected chi connectivity index (χ4v) is 5.76. The Kier molecular flexibility index (Phi) is 8.24. The number of hydrogen-bond donors (Lipinski definition) is 7. The molecule has 0 aliphatic carbocycles. The third kappa shape index (κ3) is 7.67. The van der Waals surface area contributed by atoms with E-state index in [4.69, 9.17) is 19.3 Å². The summed E-state index contributed by atoms with van der Waals surface area (Å²) < 4.78 is 56.6. The highest BCUT2D eigenvalue weighted by Gasteiger charge is 2.52. The Morgan fingerprint density at radius 3 is 2.39 bits per heavy atom. The van der Waals surface area contributed by atoms with Crippen molar-refractivity contribution in [2.45, 2.75) is 37.8 Å². The first kappa shape index (κ1) is 26.5. The Morgan fingerprint density at radius 2 is 1.84 bits per heavy atom. The lowest BCUT2D eigenvalue weighted by Crippen LogP contribution is -2.55. The summed E-state index contributed by atoms with van der Waals surface area (Å²) in [6.07, 6.45) is -2.48. The first-order chi connectivity index (χ1) is 14.1. The number of phosphoric acid groups is 3. The number of nitrogens with one attached hydrogen (secondary N) is 1. The van der Waals surface area contributed by atoms with Crippen LogP contribution in [0.1, 0.15) is 13.3 Å². The highest BCUT2D eigenvalue weighted by atomic mass is 31.3. The van der Waals surface area contributed by atoms with Crippen LogP contribution in [0.3, 0.4) is 0 Å². The monoisotopic (exact) mass is 514 g/mol. The van der Waals surface area contributed by atoms with Gasteiger partial charge in [-0.25, -0.2) is 13.7 Å². The van der Waals surface area contributed by atoms with E-state index in [0.29, 0.717) is 0 Å². The molecular weight excluding hydrogens is 493 g/mol. The molecule has 1 saturated heterocycles. The van der Waals surface area contributed by atoms with E-state index in [1.165, 1.54) is 6.92 Å². The molecule has 0 aromatic carbocycles. The number of nitrogens with zero attached hydrogens (tertiary/aromatic N) is 1. The number of carbonyl (C=O) groups is 1. The van der Waals surface area contributed by atoms with Gasteiger partial charge in [0, 0.05) is 25.3 Å².